The van der Waals surface area contributed by atoms with E-state index in [0.717, 1.165) is 24.7 Å². The minimum absolute atomic E-state index is 0.760. The van der Waals surface area contributed by atoms with Crippen molar-refractivity contribution < 1.29 is 0 Å². The molecule has 3 nitrogen and oxygen atoms in total. The minimum Gasteiger partial charge on any atom is -0.317 e. The molecule has 0 saturated carbocycles. The molecule has 0 N–H and O–H groups in total. The molecule has 9 heavy (non-hydrogen) atoms. The monoisotopic (exact) mass is 123 g/mol. The highest BCUT2D eigenvalue weighted by Gasteiger charge is 2.17. The molecule has 0 aromatic carbocycles. The van der Waals surface area contributed by atoms with Gasteiger partial charge in [-0.2, -0.15) is 0 Å². The van der Waals surface area contributed by atoms with Crippen LogP contribution in [0.5, 0.6) is 0 Å². The zero-order chi connectivity index (χ0) is 6.27. The van der Waals surface area contributed by atoms with Gasteiger partial charge >= 0.3 is 0 Å². The first-order chi connectivity index (χ1) is 4.36. The highest BCUT2D eigenvalue weighted by Crippen LogP contribution is 2.15. The van der Waals surface area contributed by atoms with Crippen LogP contribution in [0.1, 0.15) is 12.7 Å². The summed E-state index contributed by atoms with van der Waals surface area (Å²) < 4.78 is 2.12. The summed E-state index contributed by atoms with van der Waals surface area (Å²) in [6, 6.07) is 0. The van der Waals surface area contributed by atoms with Gasteiger partial charge in [0.2, 0.25) is 0 Å². The first-order valence-corrected chi connectivity index (χ1v) is 3.23. The molecule has 0 fully saturated rings. The predicted octanol–water partition coefficient (Wildman–Crippen LogP) is 0.470. The fourth-order valence-corrected chi connectivity index (χ4v) is 1.30. The van der Waals surface area contributed by atoms with Crippen molar-refractivity contribution in [2.24, 2.45) is 5.92 Å². The van der Waals surface area contributed by atoms with Gasteiger partial charge < -0.3 is 4.57 Å². The van der Waals surface area contributed by atoms with Gasteiger partial charge in [-0.1, -0.05) is 6.92 Å². The Balaban J connectivity index is 2.39. The van der Waals surface area contributed by atoms with Crippen LogP contribution >= 0.6 is 0 Å². The summed E-state index contributed by atoms with van der Waals surface area (Å²) >= 11 is 0. The zero-order valence-corrected chi connectivity index (χ0v) is 5.41. The van der Waals surface area contributed by atoms with Crippen LogP contribution in [0, 0.1) is 5.92 Å². The number of hydrogen-bond acceptors (Lipinski definition) is 2. The first kappa shape index (κ1) is 4.97. The Labute approximate surface area is 53.7 Å². The van der Waals surface area contributed by atoms with Gasteiger partial charge in [0, 0.05) is 13.0 Å². The summed E-state index contributed by atoms with van der Waals surface area (Å²) in [6.07, 6.45) is 2.90. The van der Waals surface area contributed by atoms with Crippen molar-refractivity contribution >= 4 is 0 Å². The Hall–Kier alpha value is -0.860. The first-order valence-electron chi connectivity index (χ1n) is 3.23. The van der Waals surface area contributed by atoms with Crippen LogP contribution in [0.15, 0.2) is 6.33 Å². The van der Waals surface area contributed by atoms with Gasteiger partial charge in [0.05, 0.1) is 0 Å². The molecule has 3 heteroatoms. The molecule has 1 aromatic heterocycles. The molecule has 0 amide bonds. The third-order valence-electron chi connectivity index (χ3n) is 1.74. The summed E-state index contributed by atoms with van der Waals surface area (Å²) in [5.41, 5.74) is 0. The molecule has 0 saturated heterocycles. The van der Waals surface area contributed by atoms with Crippen LogP contribution in [-0.4, -0.2) is 14.8 Å². The Morgan fingerprint density at radius 1 is 1.78 bits per heavy atom. The lowest BCUT2D eigenvalue weighted by molar-refractivity contribution is 0.558. The van der Waals surface area contributed by atoms with Crippen LogP contribution in [-0.2, 0) is 13.0 Å². The number of rotatable bonds is 0. The van der Waals surface area contributed by atoms with E-state index in [9.17, 15) is 0 Å². The van der Waals surface area contributed by atoms with Crippen molar-refractivity contribution in [2.75, 3.05) is 0 Å². The fourth-order valence-electron chi connectivity index (χ4n) is 1.30. The van der Waals surface area contributed by atoms with E-state index >= 15 is 0 Å². The van der Waals surface area contributed by atoms with Crippen LogP contribution in [0.2, 0.25) is 0 Å². The van der Waals surface area contributed by atoms with Crippen LogP contribution in [0.25, 0.3) is 0 Å². The summed E-state index contributed by atoms with van der Waals surface area (Å²) in [5.74, 6) is 1.90. The molecule has 1 atom stereocenters. The van der Waals surface area contributed by atoms with Crippen molar-refractivity contribution in [3.63, 3.8) is 0 Å². The molecule has 48 valence electrons. The van der Waals surface area contributed by atoms with Crippen molar-refractivity contribution in [1.82, 2.24) is 14.8 Å². The number of hydrogen-bond donors (Lipinski definition) is 0. The summed E-state index contributed by atoms with van der Waals surface area (Å²) in [6.45, 7) is 3.33. The van der Waals surface area contributed by atoms with E-state index in [1.54, 1.807) is 6.33 Å². The third-order valence-corrected chi connectivity index (χ3v) is 1.74. The van der Waals surface area contributed by atoms with E-state index in [0.29, 0.717) is 0 Å². The van der Waals surface area contributed by atoms with E-state index in [2.05, 4.69) is 21.7 Å². The summed E-state index contributed by atoms with van der Waals surface area (Å²) in [5, 5.41) is 7.75. The van der Waals surface area contributed by atoms with Crippen LogP contribution in [0.4, 0.5) is 0 Å². The minimum atomic E-state index is 0.760. The second-order valence-electron chi connectivity index (χ2n) is 2.71. The Morgan fingerprint density at radius 2 is 2.67 bits per heavy atom. The molecule has 1 aromatic rings. The van der Waals surface area contributed by atoms with Gasteiger partial charge in [-0.3, -0.25) is 0 Å². The summed E-state index contributed by atoms with van der Waals surface area (Å²) in [4.78, 5) is 0. The molecular formula is C6H9N3. The second kappa shape index (κ2) is 1.56. The Bertz CT molecular complexity index is 195. The quantitative estimate of drug-likeness (QED) is 0.502. The standard InChI is InChI=1S/C6H9N3/c1-5-2-6-8-7-4-9(6)3-5/h4-5H,2-3H2,1H3. The van der Waals surface area contributed by atoms with Gasteiger partial charge in [-0.15, -0.1) is 10.2 Å². The lowest BCUT2D eigenvalue weighted by atomic mass is 10.1. The van der Waals surface area contributed by atoms with E-state index in [1.165, 1.54) is 0 Å². The Kier molecular flexibility index (Phi) is 0.860. The van der Waals surface area contributed by atoms with Crippen LogP contribution in [0.3, 0.4) is 0 Å². The fraction of sp³-hybridized carbons (Fsp3) is 0.667. The second-order valence-corrected chi connectivity index (χ2v) is 2.71. The topological polar surface area (TPSA) is 30.7 Å². The van der Waals surface area contributed by atoms with Gasteiger partial charge in [-0.25, -0.2) is 0 Å². The highest BCUT2D eigenvalue weighted by atomic mass is 15.3. The molecule has 0 spiro atoms. The van der Waals surface area contributed by atoms with Gasteiger partial charge in [0.1, 0.15) is 12.2 Å². The van der Waals surface area contributed by atoms with Gasteiger partial charge in [0.15, 0.2) is 0 Å². The number of nitrogens with zero attached hydrogens (tertiary/aromatic N) is 3. The van der Waals surface area contributed by atoms with Crippen molar-refractivity contribution in [2.45, 2.75) is 19.9 Å². The summed E-state index contributed by atoms with van der Waals surface area (Å²) in [7, 11) is 0. The van der Waals surface area contributed by atoms with E-state index in [1.807, 2.05) is 0 Å². The largest absolute Gasteiger partial charge is 0.317 e. The van der Waals surface area contributed by atoms with E-state index in [4.69, 9.17) is 0 Å². The lowest BCUT2D eigenvalue weighted by Gasteiger charge is -1.94. The predicted molar refractivity (Wildman–Crippen MR) is 32.9 cm³/mol. The molecule has 0 bridgehead atoms. The zero-order valence-electron chi connectivity index (χ0n) is 5.41. The Morgan fingerprint density at radius 3 is 3.44 bits per heavy atom. The van der Waals surface area contributed by atoms with Gasteiger partial charge in [0.25, 0.3) is 0 Å². The maximum atomic E-state index is 3.96. The maximum Gasteiger partial charge on any atom is 0.133 e. The molecule has 1 unspecified atom stereocenters. The van der Waals surface area contributed by atoms with Crippen molar-refractivity contribution in [3.8, 4) is 0 Å². The van der Waals surface area contributed by atoms with Gasteiger partial charge in [-0.05, 0) is 5.92 Å². The van der Waals surface area contributed by atoms with Crippen molar-refractivity contribution in [1.29, 1.82) is 0 Å². The molecule has 0 aliphatic carbocycles. The van der Waals surface area contributed by atoms with Crippen molar-refractivity contribution in [3.05, 3.63) is 12.2 Å². The average Bonchev–Trinajstić information content (AvgIpc) is 2.22. The maximum absolute atomic E-state index is 3.96. The third kappa shape index (κ3) is 0.642. The molecular weight excluding hydrogens is 114 g/mol. The molecule has 0 radical (unpaired) electrons. The highest BCUT2D eigenvalue weighted by molar-refractivity contribution is 4.93. The van der Waals surface area contributed by atoms with Crippen LogP contribution < -0.4 is 0 Å². The lowest BCUT2D eigenvalue weighted by Crippen LogP contribution is -1.95. The van der Waals surface area contributed by atoms with E-state index in [-0.39, 0.29) is 0 Å². The molecule has 2 rings (SSSR count). The molecule has 2 heterocycles. The number of fused-ring (bicyclic) bond motifs is 1. The normalized spacial score (nSPS) is 24.3. The van der Waals surface area contributed by atoms with E-state index < -0.39 is 0 Å². The number of aromatic nitrogens is 3. The SMILES string of the molecule is CC1Cc2nncn2C1. The molecule has 1 aliphatic heterocycles. The smallest absolute Gasteiger partial charge is 0.133 e. The average molecular weight is 123 g/mol. The molecule has 1 aliphatic rings.